The summed E-state index contributed by atoms with van der Waals surface area (Å²) in [6, 6.07) is 7.26. The number of nitrogens with zero attached hydrogens (tertiary/aromatic N) is 3. The summed E-state index contributed by atoms with van der Waals surface area (Å²) in [5.41, 5.74) is 0.898. The molecule has 1 aromatic rings. The van der Waals surface area contributed by atoms with Crippen molar-refractivity contribution in [2.75, 3.05) is 48.5 Å². The topological polar surface area (TPSA) is 170 Å². The number of carbonyl (C=O) groups is 5. The zero-order valence-corrected chi connectivity index (χ0v) is 40.2. The number of likely N-dealkylation sites (tertiary alicyclic amines) is 1. The minimum Gasteiger partial charge on any atom is -0.432 e. The highest BCUT2D eigenvalue weighted by Crippen LogP contribution is 2.30. The van der Waals surface area contributed by atoms with E-state index in [1.54, 1.807) is 38.0 Å². The lowest BCUT2D eigenvalue weighted by atomic mass is 9.89. The van der Waals surface area contributed by atoms with Crippen molar-refractivity contribution in [3.8, 4) is 0 Å². The molecule has 14 nitrogen and oxygen atoms in total. The Balaban J connectivity index is 2.29. The fourth-order valence-corrected chi connectivity index (χ4v) is 9.67. The maximum atomic E-state index is 14.4. The molecule has 15 heteroatoms. The third-order valence-corrected chi connectivity index (χ3v) is 13.7. The molecule has 0 spiro atoms. The van der Waals surface area contributed by atoms with Gasteiger partial charge in [-0.1, -0.05) is 85.2 Å². The number of nitrogens with one attached hydrogen (secondary N) is 3. The number of hydrogen-bond acceptors (Lipinski definition) is 9. The highest BCUT2D eigenvalue weighted by molar-refractivity contribution is 6.69. The molecule has 4 N–H and O–H groups in total. The number of benzene rings is 1. The van der Waals surface area contributed by atoms with Crippen LogP contribution in [0.25, 0.3) is 0 Å². The Morgan fingerprint density at radius 2 is 1.53 bits per heavy atom. The minimum atomic E-state index is -2.26. The summed E-state index contributed by atoms with van der Waals surface area (Å²) in [7, 11) is 6.27. The normalized spacial score (nSPS) is 18.6. The maximum absolute atomic E-state index is 14.4. The largest absolute Gasteiger partial charge is 0.432 e. The summed E-state index contributed by atoms with van der Waals surface area (Å²) >= 11 is 0. The van der Waals surface area contributed by atoms with Gasteiger partial charge in [0, 0.05) is 40.8 Å². The van der Waals surface area contributed by atoms with Crippen molar-refractivity contribution in [2.24, 2.45) is 23.7 Å². The van der Waals surface area contributed by atoms with Gasteiger partial charge in [-0.05, 0) is 75.8 Å². The second kappa shape index (κ2) is 24.9. The van der Waals surface area contributed by atoms with Crippen LogP contribution in [0.4, 0.5) is 0 Å². The molecule has 1 heterocycles. The first-order chi connectivity index (χ1) is 28.1. The Hall–Kier alpha value is -3.37. The van der Waals surface area contributed by atoms with Crippen LogP contribution in [0.2, 0.25) is 19.1 Å². The zero-order chi connectivity index (χ0) is 45.5. The van der Waals surface area contributed by atoms with Gasteiger partial charge in [-0.15, -0.1) is 0 Å². The summed E-state index contributed by atoms with van der Waals surface area (Å²) in [5.74, 6) is -2.18. The average Bonchev–Trinajstić information content (AvgIpc) is 3.67. The number of likely N-dealkylation sites (N-methyl/N-ethyl adjacent to an activating group) is 2. The first-order valence-electron chi connectivity index (χ1n) is 22.0. The number of amides is 5. The lowest BCUT2D eigenvalue weighted by molar-refractivity contribution is -0.148. The molecule has 60 heavy (non-hydrogen) atoms. The average molecular weight is 861 g/mol. The molecule has 0 aliphatic carbocycles. The molecule has 0 bridgehead atoms. The first kappa shape index (κ1) is 52.8. The molecule has 1 aliphatic rings. The van der Waals surface area contributed by atoms with Crippen LogP contribution in [0.15, 0.2) is 30.3 Å². The van der Waals surface area contributed by atoms with E-state index in [2.05, 4.69) is 16.0 Å². The third-order valence-electron chi connectivity index (χ3n) is 12.1. The van der Waals surface area contributed by atoms with E-state index in [0.29, 0.717) is 38.4 Å². The van der Waals surface area contributed by atoms with Crippen molar-refractivity contribution in [1.82, 2.24) is 30.7 Å². The van der Waals surface area contributed by atoms with Gasteiger partial charge in [0.25, 0.3) is 0 Å². The molecule has 1 aliphatic heterocycles. The van der Waals surface area contributed by atoms with Crippen molar-refractivity contribution in [1.29, 1.82) is 0 Å². The molecule has 0 radical (unpaired) electrons. The number of rotatable bonds is 25. The van der Waals surface area contributed by atoms with E-state index < -0.39 is 56.7 Å². The number of carbonyl (C=O) groups excluding carboxylic acids is 5. The maximum Gasteiger partial charge on any atom is 0.245 e. The summed E-state index contributed by atoms with van der Waals surface area (Å²) in [4.78, 5) is 85.2. The standard InChI is InChI=1S/C45H80N6O8Si/c1-15-31(6)40(50(10)45(56)38(29(2)3)48-44(55)39(30(4)5)49(8)9)36(58-11)28-37(52)51-25-19-23-35(51)41(59-12)32(7)42(53)47-34(27-33-21-17-16-18-22-33)43(54)46-24-20-26-60(13,14)57/h16-18,21-22,29-32,34-36,38-41,57H,15,19-20,23-28H2,1-14H3,(H,46,54)(H,47,53)(H,48,55)/t31-,32+,34-,35-,36+,38-,39?,40-,41+/m0/s1. The summed E-state index contributed by atoms with van der Waals surface area (Å²) in [5, 5.41) is 8.98. The molecule has 1 saturated heterocycles. The van der Waals surface area contributed by atoms with Gasteiger partial charge in [0.05, 0.1) is 42.7 Å². The molecular weight excluding hydrogens is 781 g/mol. The van der Waals surface area contributed by atoms with Gasteiger partial charge in [0.15, 0.2) is 8.32 Å². The van der Waals surface area contributed by atoms with Crippen LogP contribution in [0, 0.1) is 23.7 Å². The van der Waals surface area contributed by atoms with Crippen molar-refractivity contribution in [3.63, 3.8) is 0 Å². The number of ether oxygens (including phenoxy) is 2. The van der Waals surface area contributed by atoms with Gasteiger partial charge in [0.2, 0.25) is 29.5 Å². The summed E-state index contributed by atoms with van der Waals surface area (Å²) < 4.78 is 12.1. The smallest absolute Gasteiger partial charge is 0.245 e. The van der Waals surface area contributed by atoms with Crippen LogP contribution in [0.1, 0.15) is 86.1 Å². The summed E-state index contributed by atoms with van der Waals surface area (Å²) in [6.07, 6.45) is 1.71. The predicted octanol–water partition coefficient (Wildman–Crippen LogP) is 4.06. The van der Waals surface area contributed by atoms with Crippen LogP contribution in [-0.4, -0.2) is 148 Å². The van der Waals surface area contributed by atoms with Gasteiger partial charge in [-0.25, -0.2) is 0 Å². The van der Waals surface area contributed by atoms with E-state index in [4.69, 9.17) is 9.47 Å². The molecule has 1 aromatic carbocycles. The molecule has 0 aromatic heterocycles. The predicted molar refractivity (Wildman–Crippen MR) is 239 cm³/mol. The van der Waals surface area contributed by atoms with Crippen molar-refractivity contribution in [3.05, 3.63) is 35.9 Å². The van der Waals surface area contributed by atoms with E-state index in [1.807, 2.05) is 104 Å². The van der Waals surface area contributed by atoms with Gasteiger partial charge in [0.1, 0.15) is 12.1 Å². The van der Waals surface area contributed by atoms with E-state index in [0.717, 1.165) is 18.4 Å². The zero-order valence-electron chi connectivity index (χ0n) is 39.2. The van der Waals surface area contributed by atoms with E-state index in [1.165, 1.54) is 0 Å². The molecule has 342 valence electrons. The van der Waals surface area contributed by atoms with Crippen LogP contribution >= 0.6 is 0 Å². The molecule has 9 atom stereocenters. The Kier molecular flexibility index (Phi) is 21.9. The molecule has 0 saturated carbocycles. The van der Waals surface area contributed by atoms with E-state index in [9.17, 15) is 28.8 Å². The Bertz CT molecular complexity index is 1500. The van der Waals surface area contributed by atoms with Crippen molar-refractivity contribution >= 4 is 37.9 Å². The first-order valence-corrected chi connectivity index (χ1v) is 25.2. The van der Waals surface area contributed by atoms with Crippen LogP contribution in [0.3, 0.4) is 0 Å². The Morgan fingerprint density at radius 1 is 0.900 bits per heavy atom. The third kappa shape index (κ3) is 15.5. The monoisotopic (exact) mass is 861 g/mol. The Labute approximate surface area is 362 Å². The highest BCUT2D eigenvalue weighted by atomic mass is 28.4. The fourth-order valence-electron chi connectivity index (χ4n) is 8.63. The fraction of sp³-hybridized carbons (Fsp3) is 0.756. The van der Waals surface area contributed by atoms with Gasteiger partial charge >= 0.3 is 0 Å². The van der Waals surface area contributed by atoms with Gasteiger partial charge < -0.3 is 40.0 Å². The molecule has 2 rings (SSSR count). The van der Waals surface area contributed by atoms with E-state index >= 15 is 0 Å². The van der Waals surface area contributed by atoms with Crippen LogP contribution in [-0.2, 0) is 39.9 Å². The number of methoxy groups -OCH3 is 2. The molecule has 5 amide bonds. The molecule has 1 unspecified atom stereocenters. The summed E-state index contributed by atoms with van der Waals surface area (Å²) in [6.45, 7) is 18.2. The minimum absolute atomic E-state index is 0.000664. The van der Waals surface area contributed by atoms with Crippen molar-refractivity contribution < 1.29 is 38.2 Å². The quantitative estimate of drug-likeness (QED) is 0.0837. The van der Waals surface area contributed by atoms with Crippen LogP contribution < -0.4 is 16.0 Å². The van der Waals surface area contributed by atoms with Crippen LogP contribution in [0.5, 0.6) is 0 Å². The molecule has 1 fully saturated rings. The van der Waals surface area contributed by atoms with Gasteiger partial charge in [-0.2, -0.15) is 0 Å². The SMILES string of the molecule is CC[C@H](C)[C@@H]([C@@H](CC(=O)N1CCC[C@H]1[C@H](OC)[C@@H](C)C(=O)N[C@@H](Cc1ccccc1)C(=O)NCCC[Si](C)(C)O)OC)N(C)C(=O)[C@@H](NC(=O)C(C(C)C)N(C)C)C(C)C. The van der Waals surface area contributed by atoms with Gasteiger partial charge in [-0.3, -0.25) is 28.9 Å². The number of hydrogen-bond donors (Lipinski definition) is 4. The van der Waals surface area contributed by atoms with E-state index in [-0.39, 0.29) is 53.7 Å². The Morgan fingerprint density at radius 3 is 2.05 bits per heavy atom. The lowest BCUT2D eigenvalue weighted by Crippen LogP contribution is -2.59. The second-order valence-electron chi connectivity index (χ2n) is 18.4. The second-order valence-corrected chi connectivity index (χ2v) is 22.6. The molecular formula is C45H80N6O8Si. The highest BCUT2D eigenvalue weighted by Gasteiger charge is 2.43. The van der Waals surface area contributed by atoms with Crippen molar-refractivity contribution in [2.45, 2.75) is 149 Å². The lowest BCUT2D eigenvalue weighted by Gasteiger charge is -2.41.